The Labute approximate surface area is 344 Å². The second-order valence-corrected chi connectivity index (χ2v) is 14.8. The fraction of sp³-hybridized carbons (Fsp3) is 0.702. The Balaban J connectivity index is 2.37. The highest BCUT2D eigenvalue weighted by Gasteiger charge is 2.44. The lowest BCUT2D eigenvalue weighted by atomic mass is 9.99. The van der Waals surface area contributed by atoms with E-state index in [1.165, 1.54) is 25.7 Å². The fourth-order valence-electron chi connectivity index (χ4n) is 6.09. The van der Waals surface area contributed by atoms with Crippen LogP contribution in [-0.4, -0.2) is 89.0 Å². The van der Waals surface area contributed by atoms with Gasteiger partial charge in [0.1, 0.15) is 31.0 Å². The molecule has 0 aliphatic carbocycles. The van der Waals surface area contributed by atoms with Gasteiger partial charge in [0.25, 0.3) is 0 Å². The summed E-state index contributed by atoms with van der Waals surface area (Å²) in [6.45, 7) is 3.22. The molecule has 6 atom stereocenters. The van der Waals surface area contributed by atoms with Gasteiger partial charge < -0.3 is 39.4 Å². The molecule has 0 amide bonds. The number of carbonyl (C=O) groups excluding carboxylic acids is 2. The summed E-state index contributed by atoms with van der Waals surface area (Å²) in [4.78, 5) is 25.3. The zero-order chi connectivity index (χ0) is 41.6. The van der Waals surface area contributed by atoms with Gasteiger partial charge in [-0.25, -0.2) is 0 Å². The van der Waals surface area contributed by atoms with Crippen LogP contribution in [0.25, 0.3) is 0 Å². The molecular formula is C47H78O10. The zero-order valence-electron chi connectivity index (χ0n) is 35.3. The summed E-state index contributed by atoms with van der Waals surface area (Å²) in [5.74, 6) is -0.863. The number of hydrogen-bond acceptors (Lipinski definition) is 10. The van der Waals surface area contributed by atoms with Crippen LogP contribution in [0, 0.1) is 0 Å². The summed E-state index contributed by atoms with van der Waals surface area (Å²) in [6, 6.07) is 0. The molecule has 0 aromatic carbocycles. The first kappa shape index (κ1) is 52.2. The number of aliphatic hydroxyl groups excluding tert-OH is 4. The number of ether oxygens (including phenoxy) is 4. The average Bonchev–Trinajstić information content (AvgIpc) is 3.21. The van der Waals surface area contributed by atoms with Crippen molar-refractivity contribution in [1.29, 1.82) is 0 Å². The molecule has 1 rings (SSSR count). The van der Waals surface area contributed by atoms with Crippen molar-refractivity contribution in [1.82, 2.24) is 0 Å². The first-order valence-corrected chi connectivity index (χ1v) is 22.0. The summed E-state index contributed by atoms with van der Waals surface area (Å²) in [5.41, 5.74) is 0. The number of unbranched alkanes of at least 4 members (excludes halogenated alkanes) is 12. The van der Waals surface area contributed by atoms with E-state index in [4.69, 9.17) is 18.9 Å². The summed E-state index contributed by atoms with van der Waals surface area (Å²) in [7, 11) is 0. The minimum absolute atomic E-state index is 0.205. The first-order chi connectivity index (χ1) is 27.8. The van der Waals surface area contributed by atoms with Crippen molar-refractivity contribution in [3.8, 4) is 0 Å². The van der Waals surface area contributed by atoms with E-state index < -0.39 is 55.4 Å². The number of carbonyl (C=O) groups is 2. The predicted octanol–water partition coefficient (Wildman–Crippen LogP) is 9.22. The molecule has 0 saturated carbocycles. The molecule has 1 fully saturated rings. The van der Waals surface area contributed by atoms with Gasteiger partial charge in [0.15, 0.2) is 12.4 Å². The van der Waals surface area contributed by atoms with Gasteiger partial charge in [0, 0.05) is 12.8 Å². The molecule has 0 aromatic rings. The largest absolute Gasteiger partial charge is 0.462 e. The van der Waals surface area contributed by atoms with Gasteiger partial charge in [0.05, 0.1) is 13.2 Å². The number of allylic oxidation sites excluding steroid dienone is 12. The molecule has 1 saturated heterocycles. The van der Waals surface area contributed by atoms with Gasteiger partial charge in [-0.3, -0.25) is 9.59 Å². The summed E-state index contributed by atoms with van der Waals surface area (Å²) in [6.07, 6.45) is 39.1. The van der Waals surface area contributed by atoms with Crippen LogP contribution in [0.5, 0.6) is 0 Å². The first-order valence-electron chi connectivity index (χ1n) is 22.0. The number of aliphatic hydroxyl groups is 4. The maximum atomic E-state index is 12.8. The molecule has 10 nitrogen and oxygen atoms in total. The monoisotopic (exact) mass is 803 g/mol. The Bertz CT molecular complexity index is 1160. The Morgan fingerprint density at radius 2 is 1.04 bits per heavy atom. The third-order valence-corrected chi connectivity index (χ3v) is 9.58. The van der Waals surface area contributed by atoms with E-state index in [0.717, 1.165) is 89.9 Å². The van der Waals surface area contributed by atoms with Crippen LogP contribution in [0.1, 0.15) is 155 Å². The topological polar surface area (TPSA) is 152 Å². The second-order valence-electron chi connectivity index (χ2n) is 14.8. The van der Waals surface area contributed by atoms with Crippen LogP contribution in [-0.2, 0) is 28.5 Å². The standard InChI is InChI=1S/C47H78O10/c1-3-5-7-9-11-13-15-17-18-19-20-21-22-24-26-28-30-32-34-36-43(50)56-40(39-55-47-46(53)45(52)44(51)41(37-48)57-47)38-54-42(49)35-33-31-29-27-25-23-16-14-12-10-8-6-4-2/h6,8,11-14,17-18,20-21,23,25,40-41,44-48,51-53H,3-5,7,9-10,15-16,19,22,24,26-39H2,1-2H3/b8-6-,13-11-,14-12-,18-17-,21-20-,25-23-. The van der Waals surface area contributed by atoms with Gasteiger partial charge >= 0.3 is 11.9 Å². The van der Waals surface area contributed by atoms with E-state index in [0.29, 0.717) is 12.8 Å². The van der Waals surface area contributed by atoms with E-state index in [9.17, 15) is 30.0 Å². The molecule has 1 heterocycles. The Kier molecular flexibility index (Phi) is 34.2. The third kappa shape index (κ3) is 29.1. The van der Waals surface area contributed by atoms with Crippen molar-refractivity contribution < 1.29 is 49.0 Å². The minimum atomic E-state index is -1.61. The lowest BCUT2D eigenvalue weighted by Crippen LogP contribution is -2.59. The normalized spacial score (nSPS) is 21.0. The van der Waals surface area contributed by atoms with Gasteiger partial charge in [-0.2, -0.15) is 0 Å². The summed E-state index contributed by atoms with van der Waals surface area (Å²) in [5, 5.41) is 40.0. The van der Waals surface area contributed by atoms with Crippen molar-refractivity contribution in [2.75, 3.05) is 19.8 Å². The fourth-order valence-corrected chi connectivity index (χ4v) is 6.09. The van der Waals surface area contributed by atoms with Crippen molar-refractivity contribution in [3.63, 3.8) is 0 Å². The van der Waals surface area contributed by atoms with E-state index >= 15 is 0 Å². The maximum Gasteiger partial charge on any atom is 0.306 e. The number of rotatable bonds is 35. The van der Waals surface area contributed by atoms with Crippen molar-refractivity contribution in [2.24, 2.45) is 0 Å². The molecule has 0 spiro atoms. The van der Waals surface area contributed by atoms with Crippen molar-refractivity contribution in [3.05, 3.63) is 72.9 Å². The SMILES string of the molecule is CC/C=C\C/C=C\C/C=C\CCCCCC(=O)OCC(COC1OC(CO)C(O)C(O)C1O)OC(=O)CCCCCCCC/C=C\C/C=C\C/C=C\CCCCC. The Morgan fingerprint density at radius 1 is 0.561 bits per heavy atom. The molecule has 0 bridgehead atoms. The minimum Gasteiger partial charge on any atom is -0.462 e. The molecule has 1 aliphatic rings. The van der Waals surface area contributed by atoms with Crippen molar-refractivity contribution in [2.45, 2.75) is 192 Å². The second kappa shape index (κ2) is 37.4. The lowest BCUT2D eigenvalue weighted by molar-refractivity contribution is -0.305. The van der Waals surface area contributed by atoms with E-state index in [2.05, 4.69) is 86.8 Å². The van der Waals surface area contributed by atoms with E-state index in [1.54, 1.807) is 0 Å². The van der Waals surface area contributed by atoms with E-state index in [1.807, 2.05) is 0 Å². The molecule has 326 valence electrons. The Hall–Kier alpha value is -2.86. The molecule has 0 radical (unpaired) electrons. The van der Waals surface area contributed by atoms with Crippen LogP contribution < -0.4 is 0 Å². The molecule has 6 unspecified atom stereocenters. The Morgan fingerprint density at radius 3 is 1.58 bits per heavy atom. The van der Waals surface area contributed by atoms with Gasteiger partial charge in [-0.15, -0.1) is 0 Å². The highest BCUT2D eigenvalue weighted by atomic mass is 16.7. The van der Waals surface area contributed by atoms with E-state index in [-0.39, 0.29) is 26.1 Å². The lowest BCUT2D eigenvalue weighted by Gasteiger charge is -2.39. The van der Waals surface area contributed by atoms with Crippen LogP contribution in [0.2, 0.25) is 0 Å². The summed E-state index contributed by atoms with van der Waals surface area (Å²) >= 11 is 0. The number of hydrogen-bond donors (Lipinski definition) is 4. The van der Waals surface area contributed by atoms with Gasteiger partial charge in [0.2, 0.25) is 0 Å². The van der Waals surface area contributed by atoms with Crippen LogP contribution in [0.3, 0.4) is 0 Å². The van der Waals surface area contributed by atoms with Crippen molar-refractivity contribution >= 4 is 11.9 Å². The molecule has 4 N–H and O–H groups in total. The molecule has 0 aromatic heterocycles. The third-order valence-electron chi connectivity index (χ3n) is 9.58. The van der Waals surface area contributed by atoms with Crippen LogP contribution in [0.4, 0.5) is 0 Å². The smallest absolute Gasteiger partial charge is 0.306 e. The molecule has 10 heteroatoms. The van der Waals surface area contributed by atoms with Crippen LogP contribution >= 0.6 is 0 Å². The highest BCUT2D eigenvalue weighted by molar-refractivity contribution is 5.70. The quantitative estimate of drug-likeness (QED) is 0.0277. The average molecular weight is 803 g/mol. The summed E-state index contributed by atoms with van der Waals surface area (Å²) < 4.78 is 22.1. The predicted molar refractivity (Wildman–Crippen MR) is 228 cm³/mol. The van der Waals surface area contributed by atoms with Gasteiger partial charge in [-0.1, -0.05) is 132 Å². The molecular weight excluding hydrogens is 725 g/mol. The zero-order valence-corrected chi connectivity index (χ0v) is 35.3. The molecule has 57 heavy (non-hydrogen) atoms. The van der Waals surface area contributed by atoms with Crippen LogP contribution in [0.15, 0.2) is 72.9 Å². The molecule has 1 aliphatic heterocycles. The highest BCUT2D eigenvalue weighted by Crippen LogP contribution is 2.22. The number of esters is 2. The van der Waals surface area contributed by atoms with Gasteiger partial charge in [-0.05, 0) is 83.5 Å². The maximum absolute atomic E-state index is 12.8.